The Balaban J connectivity index is 1.66. The van der Waals surface area contributed by atoms with E-state index in [1.807, 2.05) is 31.2 Å². The van der Waals surface area contributed by atoms with Gasteiger partial charge in [-0.05, 0) is 36.8 Å². The van der Waals surface area contributed by atoms with E-state index in [1.54, 1.807) is 18.2 Å². The summed E-state index contributed by atoms with van der Waals surface area (Å²) in [6.07, 6.45) is 1.65. The van der Waals surface area contributed by atoms with Gasteiger partial charge >= 0.3 is 5.97 Å². The number of nitrogens with zero attached hydrogens (tertiary/aromatic N) is 3. The summed E-state index contributed by atoms with van der Waals surface area (Å²) in [5.74, 6) is -0.730. The Morgan fingerprint density at radius 2 is 1.85 bits per heavy atom. The smallest absolute Gasteiger partial charge is 0.337 e. The molecule has 1 aliphatic rings. The van der Waals surface area contributed by atoms with E-state index in [2.05, 4.69) is 20.3 Å². The van der Waals surface area contributed by atoms with Crippen molar-refractivity contribution in [3.63, 3.8) is 0 Å². The van der Waals surface area contributed by atoms with Gasteiger partial charge in [0.1, 0.15) is 0 Å². The molecule has 0 saturated heterocycles. The topological polar surface area (TPSA) is 107 Å². The van der Waals surface area contributed by atoms with Gasteiger partial charge in [-0.2, -0.15) is 4.98 Å². The molecular weight excluding hydrogens is 364 g/mol. The second kappa shape index (κ2) is 6.65. The molecule has 3 aromatic rings. The highest BCUT2D eigenvalue weighted by Gasteiger charge is 2.15. The second-order valence-electron chi connectivity index (χ2n) is 5.90. The van der Waals surface area contributed by atoms with Crippen LogP contribution in [0.4, 0.5) is 10.8 Å². The first kappa shape index (κ1) is 16.9. The summed E-state index contributed by atoms with van der Waals surface area (Å²) in [7, 11) is 0. The van der Waals surface area contributed by atoms with Crippen LogP contribution >= 0.6 is 11.3 Å². The summed E-state index contributed by atoms with van der Waals surface area (Å²) < 4.78 is 0. The Morgan fingerprint density at radius 3 is 2.52 bits per heavy atom. The molecule has 0 saturated carbocycles. The highest BCUT2D eigenvalue weighted by Crippen LogP contribution is 2.33. The van der Waals surface area contributed by atoms with Gasteiger partial charge in [-0.3, -0.25) is 0 Å². The van der Waals surface area contributed by atoms with Gasteiger partial charge in [-0.1, -0.05) is 29.5 Å². The van der Waals surface area contributed by atoms with Gasteiger partial charge < -0.3 is 15.5 Å². The molecule has 0 fully saturated rings. The summed E-state index contributed by atoms with van der Waals surface area (Å²) in [5.41, 5.74) is 1.46. The van der Waals surface area contributed by atoms with Gasteiger partial charge in [0.15, 0.2) is 11.0 Å². The molecule has 0 spiro atoms. The van der Waals surface area contributed by atoms with Crippen molar-refractivity contribution in [3.05, 3.63) is 75.0 Å². The first-order valence-electron chi connectivity index (χ1n) is 8.04. The number of fused-ring (bicyclic) bond motifs is 1. The normalized spacial score (nSPS) is 12.1. The third-order valence-corrected chi connectivity index (χ3v) is 4.80. The quantitative estimate of drug-likeness (QED) is 0.647. The molecule has 0 amide bonds. The maximum atomic E-state index is 11.4. The minimum Gasteiger partial charge on any atom is -0.492 e. The fraction of sp³-hybridized carbons (Fsp3) is 0.0526. The van der Waals surface area contributed by atoms with Crippen LogP contribution in [0.25, 0.3) is 6.08 Å². The number of carboxylic acids is 1. The van der Waals surface area contributed by atoms with E-state index in [0.717, 1.165) is 16.3 Å². The molecule has 134 valence electrons. The van der Waals surface area contributed by atoms with Crippen LogP contribution in [0.2, 0.25) is 0 Å². The van der Waals surface area contributed by atoms with Crippen molar-refractivity contribution >= 4 is 34.2 Å². The van der Waals surface area contributed by atoms with E-state index in [4.69, 9.17) is 0 Å². The molecule has 2 heterocycles. The van der Waals surface area contributed by atoms with Crippen molar-refractivity contribution in [2.75, 3.05) is 5.32 Å². The molecule has 0 aliphatic carbocycles. The Labute approximate surface area is 157 Å². The zero-order valence-corrected chi connectivity index (χ0v) is 15.0. The number of benzene rings is 2. The molecule has 1 aliphatic heterocycles. The van der Waals surface area contributed by atoms with E-state index in [0.29, 0.717) is 21.5 Å². The number of nitrogens with one attached hydrogen (secondary N) is 1. The molecular formula is C19H14N4O3S. The van der Waals surface area contributed by atoms with Crippen LogP contribution in [-0.2, 0) is 0 Å². The SMILES string of the molecule is Cc1ccc(C(=O)O)c(Nc2nc(O)c(C=C3N=c4ccccc4=N3)s2)c1. The number of hydrogen-bond acceptors (Lipinski definition) is 7. The van der Waals surface area contributed by atoms with Crippen LogP contribution < -0.4 is 16.0 Å². The predicted octanol–water partition coefficient (Wildman–Crippen LogP) is 2.85. The van der Waals surface area contributed by atoms with Crippen LogP contribution in [-0.4, -0.2) is 21.2 Å². The van der Waals surface area contributed by atoms with Gasteiger partial charge in [0.05, 0.1) is 26.8 Å². The summed E-state index contributed by atoms with van der Waals surface area (Å²) >= 11 is 1.18. The molecule has 27 heavy (non-hydrogen) atoms. The molecule has 8 heteroatoms. The standard InChI is InChI=1S/C19H14N4O3S/c1-10-6-7-11(18(25)26)14(8-10)22-19-23-17(24)15(27-19)9-16-20-12-4-2-3-5-13(12)21-16/h2-9,24H,1H3,(H,22,23)(H,25,26). The molecule has 2 aromatic carbocycles. The summed E-state index contributed by atoms with van der Waals surface area (Å²) in [4.78, 5) is 24.7. The average Bonchev–Trinajstić information content (AvgIpc) is 3.17. The first-order valence-corrected chi connectivity index (χ1v) is 8.86. The third kappa shape index (κ3) is 3.42. The number of aryl methyl sites for hydroxylation is 1. The van der Waals surface area contributed by atoms with Crippen molar-refractivity contribution < 1.29 is 15.0 Å². The van der Waals surface area contributed by atoms with Crippen molar-refractivity contribution in [2.45, 2.75) is 6.92 Å². The van der Waals surface area contributed by atoms with Crippen LogP contribution in [0.3, 0.4) is 0 Å². The van der Waals surface area contributed by atoms with E-state index in [-0.39, 0.29) is 11.4 Å². The molecule has 0 radical (unpaired) electrons. The third-order valence-electron chi connectivity index (χ3n) is 3.89. The predicted molar refractivity (Wildman–Crippen MR) is 102 cm³/mol. The van der Waals surface area contributed by atoms with Gasteiger partial charge in [0.2, 0.25) is 5.88 Å². The number of thiazole rings is 1. The highest BCUT2D eigenvalue weighted by atomic mass is 32.1. The number of para-hydroxylation sites is 2. The van der Waals surface area contributed by atoms with Crippen molar-refractivity contribution in [3.8, 4) is 5.88 Å². The Morgan fingerprint density at radius 1 is 1.15 bits per heavy atom. The van der Waals surface area contributed by atoms with Crippen LogP contribution in [0.1, 0.15) is 20.8 Å². The molecule has 7 nitrogen and oxygen atoms in total. The van der Waals surface area contributed by atoms with E-state index in [1.165, 1.54) is 17.4 Å². The number of aromatic hydroxyl groups is 1. The number of hydrogen-bond donors (Lipinski definition) is 3. The second-order valence-corrected chi connectivity index (χ2v) is 6.93. The number of aromatic nitrogens is 1. The summed E-state index contributed by atoms with van der Waals surface area (Å²) in [5, 5.41) is 24.4. The largest absolute Gasteiger partial charge is 0.492 e. The molecule has 0 atom stereocenters. The zero-order valence-electron chi connectivity index (χ0n) is 14.2. The number of rotatable bonds is 4. The average molecular weight is 378 g/mol. The highest BCUT2D eigenvalue weighted by molar-refractivity contribution is 7.16. The number of anilines is 2. The van der Waals surface area contributed by atoms with Gasteiger partial charge in [0, 0.05) is 6.08 Å². The Kier molecular flexibility index (Phi) is 4.17. The van der Waals surface area contributed by atoms with Crippen molar-refractivity contribution in [1.29, 1.82) is 0 Å². The van der Waals surface area contributed by atoms with Crippen LogP contribution in [0, 0.1) is 6.92 Å². The van der Waals surface area contributed by atoms with Crippen LogP contribution in [0.5, 0.6) is 5.88 Å². The Hall–Kier alpha value is -3.52. The molecule has 0 unspecified atom stereocenters. The number of carboxylic acid groups (broad SMARTS) is 1. The van der Waals surface area contributed by atoms with Gasteiger partial charge in [-0.25, -0.2) is 14.8 Å². The molecule has 4 rings (SSSR count). The van der Waals surface area contributed by atoms with E-state index < -0.39 is 5.97 Å². The van der Waals surface area contributed by atoms with E-state index >= 15 is 0 Å². The van der Waals surface area contributed by atoms with Gasteiger partial charge in [0.25, 0.3) is 0 Å². The Bertz CT molecular complexity index is 1180. The number of carbonyl (C=O) groups is 1. The van der Waals surface area contributed by atoms with Gasteiger partial charge in [-0.15, -0.1) is 0 Å². The lowest BCUT2D eigenvalue weighted by Crippen LogP contribution is -2.19. The fourth-order valence-electron chi connectivity index (χ4n) is 2.64. The van der Waals surface area contributed by atoms with Crippen LogP contribution in [0.15, 0.2) is 58.3 Å². The number of aromatic carboxylic acids is 1. The van der Waals surface area contributed by atoms with E-state index in [9.17, 15) is 15.0 Å². The summed E-state index contributed by atoms with van der Waals surface area (Å²) in [6.45, 7) is 1.87. The van der Waals surface area contributed by atoms with Crippen molar-refractivity contribution in [2.24, 2.45) is 9.98 Å². The fourth-order valence-corrected chi connectivity index (χ4v) is 3.44. The lowest BCUT2D eigenvalue weighted by atomic mass is 10.1. The molecule has 1 aromatic heterocycles. The first-order chi connectivity index (χ1) is 13.0. The minimum atomic E-state index is -1.04. The van der Waals surface area contributed by atoms with Crippen molar-refractivity contribution in [1.82, 2.24) is 4.98 Å². The zero-order chi connectivity index (χ0) is 19.0. The maximum absolute atomic E-state index is 11.4. The minimum absolute atomic E-state index is 0.131. The lowest BCUT2D eigenvalue weighted by molar-refractivity contribution is 0.0698. The molecule has 0 bridgehead atoms. The lowest BCUT2D eigenvalue weighted by Gasteiger charge is -2.07. The maximum Gasteiger partial charge on any atom is 0.337 e. The monoisotopic (exact) mass is 378 g/mol. The molecule has 3 N–H and O–H groups in total. The summed E-state index contributed by atoms with van der Waals surface area (Å²) in [6, 6.07) is 12.5.